The summed E-state index contributed by atoms with van der Waals surface area (Å²) in [6.07, 6.45) is -4.41. The molecule has 0 aliphatic carbocycles. The Hall–Kier alpha value is -0.296. The van der Waals surface area contributed by atoms with E-state index >= 15 is 0 Å². The fourth-order valence-electron chi connectivity index (χ4n) is 1.75. The molecule has 0 spiro atoms. The van der Waals surface area contributed by atoms with Crippen molar-refractivity contribution in [1.82, 2.24) is 0 Å². The molecule has 1 fully saturated rings. The molecule has 21 heavy (non-hydrogen) atoms. The van der Waals surface area contributed by atoms with Crippen molar-refractivity contribution in [2.24, 2.45) is 0 Å². The summed E-state index contributed by atoms with van der Waals surface area (Å²) >= 11 is 0. The summed E-state index contributed by atoms with van der Waals surface area (Å²) in [5.41, 5.74) is 0. The van der Waals surface area contributed by atoms with Gasteiger partial charge in [-0.05, 0) is 12.8 Å². The van der Waals surface area contributed by atoms with Crippen LogP contribution in [0.15, 0.2) is 30.3 Å². The van der Waals surface area contributed by atoms with E-state index in [1.807, 2.05) is 30.3 Å². The Labute approximate surface area is 146 Å². The number of hydrogen-bond acceptors (Lipinski definition) is 3. The van der Waals surface area contributed by atoms with Gasteiger partial charge in [0.2, 0.25) is 0 Å². The fourth-order valence-corrected chi connectivity index (χ4v) is 1.75. The Morgan fingerprint density at radius 3 is 2.33 bits per heavy atom. The van der Waals surface area contributed by atoms with Crippen LogP contribution in [0.5, 0.6) is 0 Å². The van der Waals surface area contributed by atoms with Crippen LogP contribution in [0.3, 0.4) is 0 Å². The van der Waals surface area contributed by atoms with Gasteiger partial charge in [0.05, 0.1) is 0 Å². The van der Waals surface area contributed by atoms with E-state index in [-0.39, 0.29) is 45.6 Å². The normalized spacial score (nSPS) is 25.0. The fraction of sp³-hybridized carbons (Fsp3) is 0.500. The van der Waals surface area contributed by atoms with Crippen molar-refractivity contribution in [3.63, 3.8) is 0 Å². The number of carbonyl (C=O) groups excluding carboxylic acids is 1. The second-order valence-corrected chi connectivity index (χ2v) is 4.34. The first-order valence-corrected chi connectivity index (χ1v) is 6.12. The van der Waals surface area contributed by atoms with Crippen molar-refractivity contribution < 1.29 is 60.5 Å². The van der Waals surface area contributed by atoms with E-state index < -0.39 is 24.5 Å². The summed E-state index contributed by atoms with van der Waals surface area (Å²) in [6.45, 7) is 0. The predicted molar refractivity (Wildman–Crippen MR) is 65.3 cm³/mol. The largest absolute Gasteiger partial charge is 0.542 e. The topological polar surface area (TPSA) is 46.5 Å². The third-order valence-electron chi connectivity index (χ3n) is 2.76. The van der Waals surface area contributed by atoms with E-state index in [0.717, 1.165) is 0 Å². The Bertz CT molecular complexity index is 373. The first-order valence-electron chi connectivity index (χ1n) is 6.12. The SMILES string of the molecule is O=[C-]C[C@@H]1CCC[C@](O)(C(F)(F)F)O1.[Y].[c-]1ccccc1. The van der Waals surface area contributed by atoms with Crippen LogP contribution in [0.2, 0.25) is 0 Å². The molecule has 1 saturated heterocycles. The molecule has 1 aliphatic rings. The van der Waals surface area contributed by atoms with Gasteiger partial charge in [0.15, 0.2) is 0 Å². The van der Waals surface area contributed by atoms with Crippen molar-refractivity contribution in [1.29, 1.82) is 0 Å². The quantitative estimate of drug-likeness (QED) is 0.807. The van der Waals surface area contributed by atoms with Crippen molar-refractivity contribution in [2.75, 3.05) is 0 Å². The number of alkyl halides is 3. The summed E-state index contributed by atoms with van der Waals surface area (Å²) in [5.74, 6) is -3.09. The molecule has 1 heterocycles. The molecule has 115 valence electrons. The molecule has 1 radical (unpaired) electrons. The minimum absolute atomic E-state index is 0. The maximum Gasteiger partial charge on any atom is 0.443 e. The van der Waals surface area contributed by atoms with Gasteiger partial charge in [-0.15, -0.1) is 6.42 Å². The van der Waals surface area contributed by atoms with Gasteiger partial charge in [-0.1, -0.05) is 0 Å². The summed E-state index contributed by atoms with van der Waals surface area (Å²) in [5, 5.41) is 9.13. The van der Waals surface area contributed by atoms with Gasteiger partial charge >= 0.3 is 6.18 Å². The second-order valence-electron chi connectivity index (χ2n) is 4.34. The summed E-state index contributed by atoms with van der Waals surface area (Å²) < 4.78 is 41.2. The molecule has 1 aromatic rings. The van der Waals surface area contributed by atoms with Crippen LogP contribution in [0.25, 0.3) is 0 Å². The minimum Gasteiger partial charge on any atom is -0.542 e. The smallest absolute Gasteiger partial charge is 0.443 e. The third-order valence-corrected chi connectivity index (χ3v) is 2.76. The Balaban J connectivity index is 0.000000480. The molecular formula is C14H15F3O3Y-2. The van der Waals surface area contributed by atoms with Crippen LogP contribution in [-0.2, 0) is 42.2 Å². The van der Waals surface area contributed by atoms with Gasteiger partial charge in [-0.2, -0.15) is 49.6 Å². The number of benzene rings is 1. The molecule has 0 bridgehead atoms. The van der Waals surface area contributed by atoms with Crippen LogP contribution >= 0.6 is 0 Å². The van der Waals surface area contributed by atoms with Crippen molar-refractivity contribution in [3.05, 3.63) is 36.4 Å². The number of ether oxygens (including phenoxy) is 1. The zero-order valence-electron chi connectivity index (χ0n) is 11.3. The van der Waals surface area contributed by atoms with E-state index in [9.17, 15) is 18.0 Å². The summed E-state index contributed by atoms with van der Waals surface area (Å²) in [6, 6.07) is 12.5. The van der Waals surface area contributed by atoms with Gasteiger partial charge in [0.25, 0.3) is 5.79 Å². The van der Waals surface area contributed by atoms with E-state index in [1.165, 1.54) is 6.29 Å². The molecule has 2 atom stereocenters. The van der Waals surface area contributed by atoms with E-state index in [0.29, 0.717) is 6.42 Å². The molecule has 0 saturated carbocycles. The number of halogens is 3. The average molecular weight is 377 g/mol. The van der Waals surface area contributed by atoms with Gasteiger partial charge in [0, 0.05) is 45.2 Å². The Morgan fingerprint density at radius 1 is 1.33 bits per heavy atom. The third kappa shape index (κ3) is 7.00. The molecule has 0 unspecified atom stereocenters. The molecule has 1 aromatic carbocycles. The van der Waals surface area contributed by atoms with Gasteiger partial charge in [-0.3, -0.25) is 6.29 Å². The van der Waals surface area contributed by atoms with Crippen LogP contribution in [0.4, 0.5) is 13.2 Å². The molecular weight excluding hydrogens is 362 g/mol. The number of hydrogen-bond donors (Lipinski definition) is 1. The van der Waals surface area contributed by atoms with Crippen molar-refractivity contribution in [2.45, 2.75) is 43.8 Å². The van der Waals surface area contributed by atoms with Crippen molar-refractivity contribution >= 4 is 6.29 Å². The first kappa shape index (κ1) is 20.7. The first-order chi connectivity index (χ1) is 9.39. The van der Waals surface area contributed by atoms with Crippen LogP contribution in [0, 0.1) is 6.07 Å². The maximum atomic E-state index is 12.3. The number of rotatable bonds is 2. The molecule has 2 rings (SSSR count). The van der Waals surface area contributed by atoms with E-state index in [1.54, 1.807) is 0 Å². The Morgan fingerprint density at radius 2 is 1.95 bits per heavy atom. The van der Waals surface area contributed by atoms with Crippen molar-refractivity contribution in [3.8, 4) is 0 Å². The molecule has 3 nitrogen and oxygen atoms in total. The molecule has 7 heteroatoms. The summed E-state index contributed by atoms with van der Waals surface area (Å²) in [7, 11) is 0. The summed E-state index contributed by atoms with van der Waals surface area (Å²) in [4.78, 5) is 9.97. The maximum absolute atomic E-state index is 12.3. The molecule has 1 aliphatic heterocycles. The minimum atomic E-state index is -4.81. The van der Waals surface area contributed by atoms with E-state index in [2.05, 4.69) is 10.8 Å². The van der Waals surface area contributed by atoms with Gasteiger partial charge in [-0.25, -0.2) is 0 Å². The monoisotopic (exact) mass is 377 g/mol. The zero-order valence-corrected chi connectivity index (χ0v) is 14.1. The van der Waals surface area contributed by atoms with Gasteiger partial charge < -0.3 is 14.6 Å². The second kappa shape index (κ2) is 9.67. The average Bonchev–Trinajstić information content (AvgIpc) is 2.41. The van der Waals surface area contributed by atoms with Gasteiger partial charge in [0.1, 0.15) is 0 Å². The predicted octanol–water partition coefficient (Wildman–Crippen LogP) is 2.79. The van der Waals surface area contributed by atoms with E-state index in [4.69, 9.17) is 5.11 Å². The van der Waals surface area contributed by atoms with Crippen LogP contribution in [-0.4, -0.2) is 29.5 Å². The molecule has 0 aromatic heterocycles. The number of aliphatic hydroxyl groups is 1. The van der Waals surface area contributed by atoms with Crippen LogP contribution < -0.4 is 0 Å². The van der Waals surface area contributed by atoms with Crippen LogP contribution in [0.1, 0.15) is 25.7 Å². The Kier molecular flexibility index (Phi) is 9.53. The molecule has 1 N–H and O–H groups in total. The molecule has 0 amide bonds. The zero-order chi connectivity index (χ0) is 15.1. The standard InChI is InChI=1S/C8H10F3O3.C6H5.Y/c9-8(10,11)7(13)4-1-2-6(14-7)3-5-12;1-2-4-6-5-3-1;/h6,13H,1-4H2;1-5H;/q2*-1;/t6-,7+;;/m0../s1.